The summed E-state index contributed by atoms with van der Waals surface area (Å²) in [5.74, 6) is 0.0937. The molecule has 1 saturated heterocycles. The van der Waals surface area contributed by atoms with Crippen molar-refractivity contribution >= 4 is 16.9 Å². The van der Waals surface area contributed by atoms with Crippen molar-refractivity contribution in [2.45, 2.75) is 25.7 Å². The molecule has 1 atom stereocenters. The lowest BCUT2D eigenvalue weighted by molar-refractivity contribution is 0.0336. The van der Waals surface area contributed by atoms with Gasteiger partial charge in [0, 0.05) is 6.61 Å². The number of fused-ring (bicyclic) bond motifs is 1. The van der Waals surface area contributed by atoms with Crippen LogP contribution in [0.3, 0.4) is 0 Å². The van der Waals surface area contributed by atoms with Crippen molar-refractivity contribution in [3.63, 3.8) is 0 Å². The van der Waals surface area contributed by atoms with Gasteiger partial charge in [-0.2, -0.15) is 4.68 Å². The highest BCUT2D eigenvalue weighted by Crippen LogP contribution is 2.17. The third kappa shape index (κ3) is 4.01. The van der Waals surface area contributed by atoms with Gasteiger partial charge in [0.05, 0.1) is 17.1 Å². The molecular formula is C20H19N3O5. The summed E-state index contributed by atoms with van der Waals surface area (Å²) in [6.45, 7) is 0.962. The Hall–Kier alpha value is -3.26. The van der Waals surface area contributed by atoms with E-state index in [4.69, 9.17) is 14.2 Å². The van der Waals surface area contributed by atoms with Gasteiger partial charge < -0.3 is 14.2 Å². The van der Waals surface area contributed by atoms with Crippen LogP contribution in [0.2, 0.25) is 0 Å². The van der Waals surface area contributed by atoms with Crippen LogP contribution in [0.5, 0.6) is 5.75 Å². The molecule has 2 aromatic carbocycles. The second-order valence-electron chi connectivity index (χ2n) is 6.44. The minimum absolute atomic E-state index is 0.131. The lowest BCUT2D eigenvalue weighted by Crippen LogP contribution is -2.26. The van der Waals surface area contributed by atoms with Crippen LogP contribution < -0.4 is 10.3 Å². The van der Waals surface area contributed by atoms with Crippen LogP contribution in [0.25, 0.3) is 10.9 Å². The minimum Gasteiger partial charge on any atom is -0.491 e. The van der Waals surface area contributed by atoms with Crippen LogP contribution in [0, 0.1) is 0 Å². The van der Waals surface area contributed by atoms with Crippen molar-refractivity contribution in [2.75, 3.05) is 13.2 Å². The Morgan fingerprint density at radius 2 is 2.00 bits per heavy atom. The third-order valence-corrected chi connectivity index (χ3v) is 4.50. The topological polar surface area (TPSA) is 92.5 Å². The van der Waals surface area contributed by atoms with Gasteiger partial charge in [-0.3, -0.25) is 4.79 Å². The highest BCUT2D eigenvalue weighted by Gasteiger charge is 2.16. The summed E-state index contributed by atoms with van der Waals surface area (Å²) in [6, 6.07) is 13.5. The van der Waals surface area contributed by atoms with Crippen molar-refractivity contribution in [3.05, 3.63) is 64.4 Å². The lowest BCUT2D eigenvalue weighted by Gasteiger charge is -2.11. The van der Waals surface area contributed by atoms with Crippen LogP contribution in [-0.2, 0) is 16.2 Å². The Morgan fingerprint density at radius 1 is 1.18 bits per heavy atom. The van der Waals surface area contributed by atoms with Gasteiger partial charge in [-0.05, 0) is 49.2 Å². The SMILES string of the molecule is O=C(OCn1nnc2ccccc2c1=O)c1ccc(OC[C@@H]2CCCO2)cc1. The molecule has 0 radical (unpaired) electrons. The number of rotatable bonds is 6. The summed E-state index contributed by atoms with van der Waals surface area (Å²) in [5, 5.41) is 8.16. The molecule has 1 aromatic heterocycles. The molecule has 8 nitrogen and oxygen atoms in total. The molecule has 3 aromatic rings. The number of benzene rings is 2. The number of hydrogen-bond donors (Lipinski definition) is 0. The Morgan fingerprint density at radius 3 is 2.79 bits per heavy atom. The number of esters is 1. The summed E-state index contributed by atoms with van der Waals surface area (Å²) < 4.78 is 17.4. The number of nitrogens with zero attached hydrogens (tertiary/aromatic N) is 3. The number of carbonyl (C=O) groups excluding carboxylic acids is 1. The zero-order valence-corrected chi connectivity index (χ0v) is 15.1. The largest absolute Gasteiger partial charge is 0.491 e. The predicted octanol–water partition coefficient (Wildman–Crippen LogP) is 2.16. The van der Waals surface area contributed by atoms with E-state index >= 15 is 0 Å². The van der Waals surface area contributed by atoms with Gasteiger partial charge in [0.2, 0.25) is 0 Å². The highest BCUT2D eigenvalue weighted by atomic mass is 16.5. The van der Waals surface area contributed by atoms with Crippen LogP contribution in [-0.4, -0.2) is 40.3 Å². The molecule has 0 aliphatic carbocycles. The molecule has 1 fully saturated rings. The van der Waals surface area contributed by atoms with Crippen molar-refractivity contribution in [1.29, 1.82) is 0 Å². The van der Waals surface area contributed by atoms with Crippen molar-refractivity contribution in [1.82, 2.24) is 15.0 Å². The molecular weight excluding hydrogens is 362 g/mol. The molecule has 0 N–H and O–H groups in total. The van der Waals surface area contributed by atoms with E-state index < -0.39 is 5.97 Å². The summed E-state index contributed by atoms with van der Waals surface area (Å²) in [4.78, 5) is 24.6. The molecule has 28 heavy (non-hydrogen) atoms. The van der Waals surface area contributed by atoms with E-state index in [9.17, 15) is 9.59 Å². The third-order valence-electron chi connectivity index (χ3n) is 4.50. The first-order chi connectivity index (χ1) is 13.7. The van der Waals surface area contributed by atoms with Gasteiger partial charge in [-0.25, -0.2) is 4.79 Å². The first kappa shape index (κ1) is 18.1. The van der Waals surface area contributed by atoms with Gasteiger partial charge in [-0.1, -0.05) is 17.3 Å². The van der Waals surface area contributed by atoms with Gasteiger partial charge in [0.15, 0.2) is 6.73 Å². The Kier molecular flexibility index (Phi) is 5.29. The van der Waals surface area contributed by atoms with E-state index in [2.05, 4.69) is 10.3 Å². The van der Waals surface area contributed by atoms with E-state index in [-0.39, 0.29) is 18.4 Å². The number of ether oxygens (including phenoxy) is 3. The Balaban J connectivity index is 1.36. The van der Waals surface area contributed by atoms with Gasteiger partial charge in [-0.15, -0.1) is 5.10 Å². The molecule has 1 aliphatic heterocycles. The molecule has 144 valence electrons. The average Bonchev–Trinajstić information content (AvgIpc) is 3.26. The Labute approximate surface area is 160 Å². The Bertz CT molecular complexity index is 1030. The van der Waals surface area contributed by atoms with Crippen LogP contribution in [0.4, 0.5) is 0 Å². The van der Waals surface area contributed by atoms with Gasteiger partial charge in [0.1, 0.15) is 17.9 Å². The fourth-order valence-corrected chi connectivity index (χ4v) is 2.96. The maximum absolute atomic E-state index is 12.3. The first-order valence-electron chi connectivity index (χ1n) is 9.05. The molecule has 0 unspecified atom stereocenters. The zero-order valence-electron chi connectivity index (χ0n) is 15.1. The predicted molar refractivity (Wildman–Crippen MR) is 100 cm³/mol. The molecule has 1 aliphatic rings. The van der Waals surface area contributed by atoms with E-state index in [1.165, 1.54) is 0 Å². The van der Waals surface area contributed by atoms with Gasteiger partial charge in [0.25, 0.3) is 5.56 Å². The van der Waals surface area contributed by atoms with Crippen molar-refractivity contribution < 1.29 is 19.0 Å². The van der Waals surface area contributed by atoms with Crippen molar-refractivity contribution in [3.8, 4) is 5.75 Å². The maximum Gasteiger partial charge on any atom is 0.339 e. The van der Waals surface area contributed by atoms with Crippen LogP contribution in [0.15, 0.2) is 53.3 Å². The zero-order chi connectivity index (χ0) is 19.3. The van der Waals surface area contributed by atoms with E-state index in [0.717, 1.165) is 24.1 Å². The normalized spacial score (nSPS) is 16.2. The van der Waals surface area contributed by atoms with Gasteiger partial charge >= 0.3 is 5.97 Å². The second-order valence-corrected chi connectivity index (χ2v) is 6.44. The van der Waals surface area contributed by atoms with E-state index in [1.807, 2.05) is 0 Å². The van der Waals surface area contributed by atoms with Crippen molar-refractivity contribution in [2.24, 2.45) is 0 Å². The number of carbonyl (C=O) groups is 1. The van der Waals surface area contributed by atoms with E-state index in [0.29, 0.717) is 28.8 Å². The summed E-state index contributed by atoms with van der Waals surface area (Å²) in [6.07, 6.45) is 2.19. The molecule has 0 spiro atoms. The highest BCUT2D eigenvalue weighted by molar-refractivity contribution is 5.89. The molecule has 0 saturated carbocycles. The molecule has 0 amide bonds. The van der Waals surface area contributed by atoms with E-state index in [1.54, 1.807) is 48.5 Å². The molecule has 0 bridgehead atoms. The lowest BCUT2D eigenvalue weighted by atomic mass is 10.2. The standard InChI is InChI=1S/C20H19N3O5/c24-19-17-5-1-2-6-18(17)21-22-23(19)13-28-20(25)14-7-9-15(10-8-14)27-12-16-4-3-11-26-16/h1-2,5-10,16H,3-4,11-13H2/t16-/m0/s1. The first-order valence-corrected chi connectivity index (χ1v) is 9.05. The number of aromatic nitrogens is 3. The minimum atomic E-state index is -0.562. The fraction of sp³-hybridized carbons (Fsp3) is 0.300. The summed E-state index contributed by atoms with van der Waals surface area (Å²) >= 11 is 0. The summed E-state index contributed by atoms with van der Waals surface area (Å²) in [5.41, 5.74) is 0.483. The number of hydrogen-bond acceptors (Lipinski definition) is 7. The fourth-order valence-electron chi connectivity index (χ4n) is 2.96. The summed E-state index contributed by atoms with van der Waals surface area (Å²) in [7, 11) is 0. The average molecular weight is 381 g/mol. The quantitative estimate of drug-likeness (QED) is 0.604. The van der Waals surface area contributed by atoms with Crippen LogP contribution >= 0.6 is 0 Å². The molecule has 4 rings (SSSR count). The smallest absolute Gasteiger partial charge is 0.339 e. The molecule has 2 heterocycles. The van der Waals surface area contributed by atoms with Crippen LogP contribution in [0.1, 0.15) is 23.2 Å². The monoisotopic (exact) mass is 381 g/mol. The second kappa shape index (κ2) is 8.18. The maximum atomic E-state index is 12.3. The molecule has 8 heteroatoms.